The average molecular weight is 367 g/mol. The summed E-state index contributed by atoms with van der Waals surface area (Å²) in [5.74, 6) is 0.719. The molecule has 0 fully saturated rings. The molecule has 0 aliphatic heterocycles. The molecule has 0 atom stereocenters. The van der Waals surface area contributed by atoms with Crippen LogP contribution in [0, 0.1) is 0 Å². The van der Waals surface area contributed by atoms with Gasteiger partial charge in [-0.1, -0.05) is 41.5 Å². The molecule has 144 valence electrons. The highest BCUT2D eigenvalue weighted by Crippen LogP contribution is 2.43. The Kier molecular flexibility index (Phi) is 4.49. The van der Waals surface area contributed by atoms with Crippen LogP contribution >= 0.6 is 0 Å². The van der Waals surface area contributed by atoms with Crippen molar-refractivity contribution >= 4 is 16.8 Å². The lowest BCUT2D eigenvalue weighted by atomic mass is 9.79. The second-order valence-corrected chi connectivity index (χ2v) is 9.46. The lowest BCUT2D eigenvalue weighted by Crippen LogP contribution is -2.17. The summed E-state index contributed by atoms with van der Waals surface area (Å²) in [6.45, 7) is 12.8. The van der Waals surface area contributed by atoms with Crippen molar-refractivity contribution in [2.75, 3.05) is 19.0 Å². The van der Waals surface area contributed by atoms with Gasteiger partial charge in [-0.25, -0.2) is 4.98 Å². The number of benzene rings is 2. The van der Waals surface area contributed by atoms with Gasteiger partial charge in [0.15, 0.2) is 11.3 Å². The first kappa shape index (κ1) is 19.3. The van der Waals surface area contributed by atoms with E-state index in [1.807, 2.05) is 38.4 Å². The maximum Gasteiger partial charge on any atom is 0.227 e. The Morgan fingerprint density at radius 3 is 1.93 bits per heavy atom. The fraction of sp³-hybridized carbons (Fsp3) is 0.435. The van der Waals surface area contributed by atoms with Crippen LogP contribution in [0.4, 0.5) is 5.69 Å². The number of nitrogens with zero attached hydrogens (tertiary/aromatic N) is 2. The van der Waals surface area contributed by atoms with Crippen molar-refractivity contribution in [3.63, 3.8) is 0 Å². The number of hydrogen-bond donors (Lipinski definition) is 1. The predicted octanol–water partition coefficient (Wildman–Crippen LogP) is 5.86. The number of aromatic nitrogens is 1. The minimum atomic E-state index is -0.196. The topological polar surface area (TPSA) is 49.5 Å². The molecule has 0 aliphatic rings. The smallest absolute Gasteiger partial charge is 0.227 e. The molecule has 0 amide bonds. The number of phenols is 1. The van der Waals surface area contributed by atoms with Gasteiger partial charge in [0.05, 0.1) is 0 Å². The van der Waals surface area contributed by atoms with E-state index in [1.54, 1.807) is 0 Å². The third kappa shape index (κ3) is 3.53. The quantitative estimate of drug-likeness (QED) is 0.617. The molecule has 0 saturated carbocycles. The van der Waals surface area contributed by atoms with E-state index in [-0.39, 0.29) is 16.6 Å². The molecule has 3 aromatic rings. The molecule has 0 spiro atoms. The number of phenolic OH excluding ortho intramolecular Hbond substituents is 1. The SMILES string of the molecule is CN(C)c1ccc(-c2nc3c(C(C)(C)C)cc(C(C)(C)C)c(O)c3o2)cc1. The van der Waals surface area contributed by atoms with E-state index in [1.165, 1.54) is 0 Å². The van der Waals surface area contributed by atoms with Crippen LogP contribution in [0.15, 0.2) is 34.7 Å². The molecule has 4 nitrogen and oxygen atoms in total. The zero-order valence-electron chi connectivity index (χ0n) is 17.6. The molecule has 1 N–H and O–H groups in total. The predicted molar refractivity (Wildman–Crippen MR) is 113 cm³/mol. The van der Waals surface area contributed by atoms with Crippen molar-refractivity contribution in [1.82, 2.24) is 4.98 Å². The fourth-order valence-electron chi connectivity index (χ4n) is 3.24. The van der Waals surface area contributed by atoms with Gasteiger partial charge >= 0.3 is 0 Å². The normalized spacial score (nSPS) is 12.6. The Hall–Kier alpha value is -2.49. The lowest BCUT2D eigenvalue weighted by Gasteiger charge is -2.25. The fourth-order valence-corrected chi connectivity index (χ4v) is 3.24. The summed E-state index contributed by atoms with van der Waals surface area (Å²) in [6.07, 6.45) is 0. The van der Waals surface area contributed by atoms with Gasteiger partial charge in [-0.05, 0) is 46.7 Å². The van der Waals surface area contributed by atoms with E-state index < -0.39 is 0 Å². The van der Waals surface area contributed by atoms with E-state index in [2.05, 4.69) is 52.5 Å². The second kappa shape index (κ2) is 6.29. The van der Waals surface area contributed by atoms with Gasteiger partial charge < -0.3 is 14.4 Å². The Balaban J connectivity index is 2.25. The molecular formula is C23H30N2O2. The molecule has 0 saturated heterocycles. The van der Waals surface area contributed by atoms with Crippen molar-refractivity contribution in [2.45, 2.75) is 52.4 Å². The van der Waals surface area contributed by atoms with Gasteiger partial charge in [0.2, 0.25) is 5.89 Å². The minimum Gasteiger partial charge on any atom is -0.504 e. The summed E-state index contributed by atoms with van der Waals surface area (Å²) in [4.78, 5) is 6.82. The zero-order valence-corrected chi connectivity index (χ0v) is 17.6. The highest BCUT2D eigenvalue weighted by molar-refractivity contribution is 5.87. The van der Waals surface area contributed by atoms with E-state index >= 15 is 0 Å². The molecule has 3 rings (SSSR count). The Bertz CT molecular complexity index is 969. The maximum atomic E-state index is 10.9. The van der Waals surface area contributed by atoms with Gasteiger partial charge in [-0.2, -0.15) is 0 Å². The summed E-state index contributed by atoms with van der Waals surface area (Å²) in [5, 5.41) is 10.9. The molecule has 4 heteroatoms. The summed E-state index contributed by atoms with van der Waals surface area (Å²) in [7, 11) is 4.02. The van der Waals surface area contributed by atoms with Crippen molar-refractivity contribution in [3.05, 3.63) is 41.5 Å². The Morgan fingerprint density at radius 2 is 1.44 bits per heavy atom. The molecule has 0 unspecified atom stereocenters. The second-order valence-electron chi connectivity index (χ2n) is 9.46. The third-order valence-corrected chi connectivity index (χ3v) is 4.89. The number of hydrogen-bond acceptors (Lipinski definition) is 4. The highest BCUT2D eigenvalue weighted by Gasteiger charge is 2.29. The Morgan fingerprint density at radius 1 is 0.889 bits per heavy atom. The van der Waals surface area contributed by atoms with Crippen LogP contribution in [-0.2, 0) is 10.8 Å². The number of oxazole rings is 1. The lowest BCUT2D eigenvalue weighted by molar-refractivity contribution is 0.439. The van der Waals surface area contributed by atoms with Crippen molar-refractivity contribution in [1.29, 1.82) is 0 Å². The van der Waals surface area contributed by atoms with E-state index in [0.29, 0.717) is 11.5 Å². The molecule has 0 bridgehead atoms. The summed E-state index contributed by atoms with van der Waals surface area (Å²) in [6, 6.07) is 10.2. The van der Waals surface area contributed by atoms with E-state index in [0.717, 1.165) is 27.9 Å². The largest absolute Gasteiger partial charge is 0.504 e. The average Bonchev–Trinajstić information content (AvgIpc) is 2.98. The molecule has 1 heterocycles. The van der Waals surface area contributed by atoms with Crippen LogP contribution < -0.4 is 4.90 Å². The van der Waals surface area contributed by atoms with Crippen molar-refractivity contribution in [3.8, 4) is 17.2 Å². The summed E-state index contributed by atoms with van der Waals surface area (Å²) >= 11 is 0. The van der Waals surface area contributed by atoms with Gasteiger partial charge in [0.1, 0.15) is 5.52 Å². The van der Waals surface area contributed by atoms with Crippen molar-refractivity contribution < 1.29 is 9.52 Å². The monoisotopic (exact) mass is 366 g/mol. The van der Waals surface area contributed by atoms with Gasteiger partial charge in [-0.15, -0.1) is 0 Å². The van der Waals surface area contributed by atoms with Crippen LogP contribution in [0.2, 0.25) is 0 Å². The number of aromatic hydroxyl groups is 1. The number of anilines is 1. The number of fused-ring (bicyclic) bond motifs is 1. The van der Waals surface area contributed by atoms with Gasteiger partial charge in [-0.3, -0.25) is 0 Å². The first-order valence-corrected chi connectivity index (χ1v) is 9.35. The molecule has 2 aromatic carbocycles. The highest BCUT2D eigenvalue weighted by atomic mass is 16.4. The third-order valence-electron chi connectivity index (χ3n) is 4.89. The van der Waals surface area contributed by atoms with Gasteiger partial charge in [0.25, 0.3) is 0 Å². The van der Waals surface area contributed by atoms with Crippen LogP contribution in [0.25, 0.3) is 22.6 Å². The molecule has 1 aromatic heterocycles. The van der Waals surface area contributed by atoms with Crippen LogP contribution in [0.5, 0.6) is 5.75 Å². The van der Waals surface area contributed by atoms with Crippen LogP contribution in [0.1, 0.15) is 52.7 Å². The molecular weight excluding hydrogens is 336 g/mol. The van der Waals surface area contributed by atoms with Crippen LogP contribution in [0.3, 0.4) is 0 Å². The van der Waals surface area contributed by atoms with Gasteiger partial charge in [0, 0.05) is 30.9 Å². The number of rotatable bonds is 2. The zero-order chi connectivity index (χ0) is 20.1. The van der Waals surface area contributed by atoms with E-state index in [9.17, 15) is 5.11 Å². The molecule has 0 aliphatic carbocycles. The Labute approximate surface area is 161 Å². The standard InChI is InChI=1S/C23H30N2O2/c1-22(2,3)16-13-17(23(4,5)6)19(26)20-18(16)24-21(27-20)14-9-11-15(12-10-14)25(7)8/h9-13,26H,1-8H3. The maximum absolute atomic E-state index is 10.9. The summed E-state index contributed by atoms with van der Waals surface area (Å²) in [5.41, 5.74) is 4.87. The van der Waals surface area contributed by atoms with Crippen molar-refractivity contribution in [2.24, 2.45) is 0 Å². The first-order chi connectivity index (χ1) is 12.4. The molecule has 27 heavy (non-hydrogen) atoms. The first-order valence-electron chi connectivity index (χ1n) is 9.35. The summed E-state index contributed by atoms with van der Waals surface area (Å²) < 4.78 is 6.08. The van der Waals surface area contributed by atoms with Crippen LogP contribution in [-0.4, -0.2) is 24.2 Å². The van der Waals surface area contributed by atoms with E-state index in [4.69, 9.17) is 9.40 Å². The minimum absolute atomic E-state index is 0.116. The molecule has 0 radical (unpaired) electrons.